The molecule has 1 saturated heterocycles. The van der Waals surface area contributed by atoms with Gasteiger partial charge in [0.25, 0.3) is 0 Å². The molecule has 2 aromatic rings. The van der Waals surface area contributed by atoms with Gasteiger partial charge in [-0.1, -0.05) is 5.16 Å². The van der Waals surface area contributed by atoms with Gasteiger partial charge in [-0.25, -0.2) is 8.42 Å². The fraction of sp³-hybridized carbons (Fsp3) is 0.500. The number of carbonyl (C=O) groups is 1. The molecule has 1 aliphatic rings. The monoisotopic (exact) mass is 406 g/mol. The number of rotatable bonds is 5. The third kappa shape index (κ3) is 3.58. The molecule has 28 heavy (non-hydrogen) atoms. The Hall–Kier alpha value is -2.19. The summed E-state index contributed by atoms with van der Waals surface area (Å²) in [4.78, 5) is 13.2. The van der Waals surface area contributed by atoms with Crippen molar-refractivity contribution >= 4 is 15.8 Å². The third-order valence-corrected chi connectivity index (χ3v) is 7.38. The van der Waals surface area contributed by atoms with Gasteiger partial charge in [-0.2, -0.15) is 4.31 Å². The number of hydrogen-bond acceptors (Lipinski definition) is 6. The highest BCUT2D eigenvalue weighted by Gasteiger charge is 2.36. The van der Waals surface area contributed by atoms with Gasteiger partial charge < -0.3 is 9.26 Å². The molecule has 0 aliphatic carbocycles. The lowest BCUT2D eigenvalue weighted by molar-refractivity contribution is 0.0872. The van der Waals surface area contributed by atoms with Crippen molar-refractivity contribution < 1.29 is 22.5 Å². The number of ketones is 1. The van der Waals surface area contributed by atoms with Gasteiger partial charge in [-0.15, -0.1) is 0 Å². The molecule has 7 nitrogen and oxygen atoms in total. The van der Waals surface area contributed by atoms with Crippen LogP contribution in [0.1, 0.15) is 45.8 Å². The summed E-state index contributed by atoms with van der Waals surface area (Å²) in [5.74, 6) is 0.624. The molecule has 152 valence electrons. The number of ether oxygens (including phenoxy) is 1. The van der Waals surface area contributed by atoms with Crippen LogP contribution in [0.4, 0.5) is 0 Å². The number of benzene rings is 1. The minimum absolute atomic E-state index is 0.0347. The van der Waals surface area contributed by atoms with Crippen LogP contribution in [-0.2, 0) is 10.0 Å². The Morgan fingerprint density at radius 1 is 1.21 bits per heavy atom. The van der Waals surface area contributed by atoms with Crippen LogP contribution in [0.2, 0.25) is 0 Å². The van der Waals surface area contributed by atoms with Crippen LogP contribution in [0, 0.1) is 33.6 Å². The number of sulfonamides is 1. The van der Waals surface area contributed by atoms with Gasteiger partial charge in [-0.05, 0) is 63.8 Å². The number of aryl methyl sites for hydroxylation is 4. The average molecular weight is 407 g/mol. The molecule has 0 bridgehead atoms. The van der Waals surface area contributed by atoms with Crippen molar-refractivity contribution in [1.29, 1.82) is 0 Å². The maximum absolute atomic E-state index is 13.1. The van der Waals surface area contributed by atoms with E-state index >= 15 is 0 Å². The summed E-state index contributed by atoms with van der Waals surface area (Å²) >= 11 is 0. The topological polar surface area (TPSA) is 89.7 Å². The quantitative estimate of drug-likeness (QED) is 0.709. The number of nitrogens with zero attached hydrogens (tertiary/aromatic N) is 2. The lowest BCUT2D eigenvalue weighted by atomic mass is 9.89. The van der Waals surface area contributed by atoms with E-state index < -0.39 is 10.0 Å². The third-order valence-electron chi connectivity index (χ3n) is 5.27. The van der Waals surface area contributed by atoms with E-state index in [0.717, 1.165) is 16.9 Å². The van der Waals surface area contributed by atoms with E-state index in [1.54, 1.807) is 21.0 Å². The zero-order valence-corrected chi connectivity index (χ0v) is 17.7. The van der Waals surface area contributed by atoms with Crippen molar-refractivity contribution in [3.63, 3.8) is 0 Å². The van der Waals surface area contributed by atoms with Crippen LogP contribution in [0.5, 0.6) is 5.75 Å². The predicted molar refractivity (Wildman–Crippen MR) is 104 cm³/mol. The molecule has 1 atom stereocenters. The van der Waals surface area contributed by atoms with Crippen molar-refractivity contribution in [2.24, 2.45) is 5.92 Å². The molecule has 3 rings (SSSR count). The second-order valence-corrected chi connectivity index (χ2v) is 9.24. The van der Waals surface area contributed by atoms with Crippen molar-refractivity contribution in [3.8, 4) is 5.75 Å². The maximum atomic E-state index is 13.1. The van der Waals surface area contributed by atoms with Crippen molar-refractivity contribution in [2.75, 3.05) is 20.2 Å². The van der Waals surface area contributed by atoms with Gasteiger partial charge in [0.2, 0.25) is 10.0 Å². The summed E-state index contributed by atoms with van der Waals surface area (Å²) in [6.07, 6.45) is 1.30. The lowest BCUT2D eigenvalue weighted by Gasteiger charge is -2.31. The number of Topliss-reactive ketones (excluding diaryl/α,β-unsaturated/α-hetero) is 1. The molecule has 0 spiro atoms. The van der Waals surface area contributed by atoms with Crippen molar-refractivity contribution in [2.45, 2.75) is 45.4 Å². The Kier molecular flexibility index (Phi) is 5.63. The van der Waals surface area contributed by atoms with E-state index in [-0.39, 0.29) is 28.9 Å². The normalized spacial score (nSPS) is 18.2. The fourth-order valence-corrected chi connectivity index (χ4v) is 5.81. The average Bonchev–Trinajstić information content (AvgIpc) is 3.00. The highest BCUT2D eigenvalue weighted by molar-refractivity contribution is 7.89. The molecule has 0 radical (unpaired) electrons. The molecule has 1 aromatic carbocycles. The molecule has 1 aliphatic heterocycles. The van der Waals surface area contributed by atoms with Gasteiger partial charge >= 0.3 is 0 Å². The van der Waals surface area contributed by atoms with Gasteiger partial charge in [0.05, 0.1) is 7.11 Å². The summed E-state index contributed by atoms with van der Waals surface area (Å²) in [7, 11) is -2.14. The van der Waals surface area contributed by atoms with Crippen LogP contribution in [0.15, 0.2) is 21.6 Å². The SMILES string of the molecule is COc1c(C)cc(C(=O)[C@@H]2CCCN(S(=O)(=O)c3c(C)noc3C)C2)cc1C. The van der Waals surface area contributed by atoms with Gasteiger partial charge in [-0.3, -0.25) is 4.79 Å². The fourth-order valence-electron chi connectivity index (χ4n) is 4.00. The van der Waals surface area contributed by atoms with Crippen LogP contribution in [0.3, 0.4) is 0 Å². The van der Waals surface area contributed by atoms with E-state index in [1.165, 1.54) is 4.31 Å². The van der Waals surface area contributed by atoms with E-state index in [1.807, 2.05) is 26.0 Å². The molecule has 0 unspecified atom stereocenters. The summed E-state index contributed by atoms with van der Waals surface area (Å²) in [5.41, 5.74) is 2.72. The first-order chi connectivity index (χ1) is 13.2. The summed E-state index contributed by atoms with van der Waals surface area (Å²) in [5, 5.41) is 3.76. The van der Waals surface area contributed by atoms with Crippen molar-refractivity contribution in [1.82, 2.24) is 9.46 Å². The largest absolute Gasteiger partial charge is 0.496 e. The molecule has 0 N–H and O–H groups in total. The number of aromatic nitrogens is 1. The Bertz CT molecular complexity index is 967. The molecule has 1 fully saturated rings. The minimum atomic E-state index is -3.75. The first kappa shape index (κ1) is 20.5. The summed E-state index contributed by atoms with van der Waals surface area (Å²) in [6.45, 7) is 7.54. The molecule has 0 amide bonds. The van der Waals surface area contributed by atoms with Gasteiger partial charge in [0, 0.05) is 24.6 Å². The van der Waals surface area contributed by atoms with E-state index in [9.17, 15) is 13.2 Å². The number of carbonyl (C=O) groups excluding carboxylic acids is 1. The first-order valence-electron chi connectivity index (χ1n) is 9.29. The Balaban J connectivity index is 1.87. The molecule has 8 heteroatoms. The first-order valence-corrected chi connectivity index (χ1v) is 10.7. The molecule has 2 heterocycles. The molecule has 1 aromatic heterocycles. The number of hydrogen-bond donors (Lipinski definition) is 0. The van der Waals surface area contributed by atoms with Gasteiger partial charge in [0.1, 0.15) is 16.3 Å². The standard InChI is InChI=1S/C20H26N2O5S/c1-12-9-17(10-13(2)19(12)26-5)18(23)16-7-6-8-22(11-16)28(24,25)20-14(3)21-27-15(20)4/h9-10,16H,6-8,11H2,1-5H3/t16-/m1/s1. The highest BCUT2D eigenvalue weighted by Crippen LogP contribution is 2.31. The van der Waals surface area contributed by atoms with Crippen LogP contribution in [-0.4, -0.2) is 43.9 Å². The molecular formula is C20H26N2O5S. The van der Waals surface area contributed by atoms with E-state index in [0.29, 0.717) is 30.6 Å². The van der Waals surface area contributed by atoms with Crippen LogP contribution >= 0.6 is 0 Å². The zero-order valence-electron chi connectivity index (χ0n) is 16.9. The smallest absolute Gasteiger partial charge is 0.248 e. The lowest BCUT2D eigenvalue weighted by Crippen LogP contribution is -2.42. The predicted octanol–water partition coefficient (Wildman–Crippen LogP) is 3.20. The summed E-state index contributed by atoms with van der Waals surface area (Å²) < 4.78 is 38.0. The van der Waals surface area contributed by atoms with Crippen LogP contribution < -0.4 is 4.74 Å². The summed E-state index contributed by atoms with van der Waals surface area (Å²) in [6, 6.07) is 3.63. The van der Waals surface area contributed by atoms with E-state index in [4.69, 9.17) is 9.26 Å². The number of piperidine rings is 1. The van der Waals surface area contributed by atoms with E-state index in [2.05, 4.69) is 5.16 Å². The second kappa shape index (κ2) is 7.67. The highest BCUT2D eigenvalue weighted by atomic mass is 32.2. The molecule has 0 saturated carbocycles. The molecular weight excluding hydrogens is 380 g/mol. The van der Waals surface area contributed by atoms with Crippen molar-refractivity contribution in [3.05, 3.63) is 40.3 Å². The van der Waals surface area contributed by atoms with Gasteiger partial charge in [0.15, 0.2) is 11.5 Å². The Morgan fingerprint density at radius 2 is 1.86 bits per heavy atom. The Labute approximate surface area is 165 Å². The number of methoxy groups -OCH3 is 1. The maximum Gasteiger partial charge on any atom is 0.248 e. The minimum Gasteiger partial charge on any atom is -0.496 e. The van der Waals surface area contributed by atoms with Crippen LogP contribution in [0.25, 0.3) is 0 Å². The Morgan fingerprint density at radius 3 is 2.39 bits per heavy atom. The zero-order chi connectivity index (χ0) is 20.6. The second-order valence-electron chi connectivity index (χ2n) is 7.36.